The summed E-state index contributed by atoms with van der Waals surface area (Å²) >= 11 is 0. The molecule has 0 aliphatic carbocycles. The number of carbonyl (C=O) groups is 2. The van der Waals surface area contributed by atoms with Crippen molar-refractivity contribution in [3.63, 3.8) is 0 Å². The summed E-state index contributed by atoms with van der Waals surface area (Å²) in [5.41, 5.74) is 2.08. The summed E-state index contributed by atoms with van der Waals surface area (Å²) in [6.45, 7) is 0.0870. The fourth-order valence-corrected chi connectivity index (χ4v) is 5.39. The van der Waals surface area contributed by atoms with Crippen LogP contribution >= 0.6 is 0 Å². The molecule has 11 nitrogen and oxygen atoms in total. The third-order valence-electron chi connectivity index (χ3n) is 6.24. The minimum atomic E-state index is -4.33. The molecule has 1 aliphatic heterocycles. The first-order chi connectivity index (χ1) is 19.3. The molecule has 1 aliphatic rings. The molecule has 2 N–H and O–H groups in total. The molecule has 0 bridgehead atoms. The van der Waals surface area contributed by atoms with Crippen LogP contribution in [0.15, 0.2) is 96.4 Å². The highest BCUT2D eigenvalue weighted by molar-refractivity contribution is 7.90. The molecule has 1 unspecified atom stereocenters. The lowest BCUT2D eigenvalue weighted by atomic mass is 10.0. The second kappa shape index (κ2) is 11.4. The van der Waals surface area contributed by atoms with Crippen molar-refractivity contribution in [1.82, 2.24) is 20.0 Å². The van der Waals surface area contributed by atoms with Crippen LogP contribution in [0.2, 0.25) is 0 Å². The Balaban J connectivity index is 1.38. The van der Waals surface area contributed by atoms with Crippen LogP contribution < -0.4 is 24.4 Å². The van der Waals surface area contributed by atoms with Crippen molar-refractivity contribution >= 4 is 27.6 Å². The molecule has 0 radical (unpaired) electrons. The van der Waals surface area contributed by atoms with E-state index >= 15 is 0 Å². The van der Waals surface area contributed by atoms with E-state index in [9.17, 15) is 18.0 Å². The molecule has 0 saturated heterocycles. The number of aromatic nitrogens is 2. The van der Waals surface area contributed by atoms with Crippen LogP contribution in [-0.4, -0.2) is 50.2 Å². The Labute approximate surface area is 230 Å². The van der Waals surface area contributed by atoms with E-state index in [0.717, 1.165) is 5.56 Å². The Morgan fingerprint density at radius 2 is 1.65 bits per heavy atom. The number of hydrogen-bond donors (Lipinski definition) is 2. The zero-order chi connectivity index (χ0) is 28.1. The van der Waals surface area contributed by atoms with E-state index in [0.29, 0.717) is 28.3 Å². The van der Waals surface area contributed by atoms with Gasteiger partial charge in [-0.3, -0.25) is 4.79 Å². The van der Waals surface area contributed by atoms with Crippen molar-refractivity contribution in [2.45, 2.75) is 17.4 Å². The molecule has 12 heteroatoms. The van der Waals surface area contributed by atoms with E-state index < -0.39 is 28.0 Å². The molecule has 4 aromatic rings. The number of rotatable bonds is 8. The van der Waals surface area contributed by atoms with Crippen molar-refractivity contribution in [1.29, 1.82) is 0 Å². The standard InChI is InChI=1S/C28H25N5O6S/c1-33(21-11-12-24-25(14-21)39-18-38-24)27(34)23(13-19-7-3-2-4-8-19)31-28(35)32-40(36,37)26-10-6-5-9-22(26)20-15-29-17-30-16-20/h2-12,14-17,23H,13,18H2,1H3,(H2,31,32,35). The number of fused-ring (bicyclic) bond motifs is 1. The van der Waals surface area contributed by atoms with E-state index in [-0.39, 0.29) is 18.1 Å². The Hall–Kier alpha value is -4.97. The summed E-state index contributed by atoms with van der Waals surface area (Å²) < 4.78 is 39.3. The molecule has 40 heavy (non-hydrogen) atoms. The van der Waals surface area contributed by atoms with E-state index in [1.807, 2.05) is 35.1 Å². The fourth-order valence-electron chi connectivity index (χ4n) is 4.25. The smallest absolute Gasteiger partial charge is 0.329 e. The number of nitrogens with one attached hydrogen (secondary N) is 2. The average molecular weight is 560 g/mol. The molecule has 1 aromatic heterocycles. The number of benzene rings is 3. The average Bonchev–Trinajstić information content (AvgIpc) is 3.45. The predicted octanol–water partition coefficient (Wildman–Crippen LogP) is 3.13. The maximum atomic E-state index is 13.6. The minimum absolute atomic E-state index is 0.0870. The minimum Gasteiger partial charge on any atom is -0.454 e. The molecule has 0 fully saturated rings. The fraction of sp³-hybridized carbons (Fsp3) is 0.143. The summed E-state index contributed by atoms with van der Waals surface area (Å²) in [6, 6.07) is 18.2. The summed E-state index contributed by atoms with van der Waals surface area (Å²) in [6.07, 6.45) is 4.40. The largest absolute Gasteiger partial charge is 0.454 e. The van der Waals surface area contributed by atoms with Gasteiger partial charge in [0.25, 0.3) is 10.0 Å². The van der Waals surface area contributed by atoms with Crippen molar-refractivity contribution in [3.8, 4) is 22.6 Å². The van der Waals surface area contributed by atoms with Crippen LogP contribution in [0, 0.1) is 0 Å². The number of urea groups is 1. The third-order valence-corrected chi connectivity index (χ3v) is 7.62. The number of nitrogens with zero attached hydrogens (tertiary/aromatic N) is 3. The Kier molecular flexibility index (Phi) is 7.60. The summed E-state index contributed by atoms with van der Waals surface area (Å²) in [5.74, 6) is 0.601. The second-order valence-electron chi connectivity index (χ2n) is 8.88. The van der Waals surface area contributed by atoms with Crippen molar-refractivity contribution in [2.24, 2.45) is 0 Å². The van der Waals surface area contributed by atoms with E-state index in [1.54, 1.807) is 43.4 Å². The lowest BCUT2D eigenvalue weighted by Crippen LogP contribution is -2.52. The lowest BCUT2D eigenvalue weighted by molar-refractivity contribution is -0.120. The molecule has 5 rings (SSSR count). The third kappa shape index (κ3) is 5.86. The number of amides is 3. The number of anilines is 1. The van der Waals surface area contributed by atoms with Gasteiger partial charge in [0.15, 0.2) is 11.5 Å². The van der Waals surface area contributed by atoms with Gasteiger partial charge < -0.3 is 19.7 Å². The van der Waals surface area contributed by atoms with Crippen molar-refractivity contribution in [3.05, 3.63) is 97.1 Å². The summed E-state index contributed by atoms with van der Waals surface area (Å²) in [4.78, 5) is 35.8. The van der Waals surface area contributed by atoms with E-state index in [4.69, 9.17) is 9.47 Å². The van der Waals surface area contributed by atoms with Gasteiger partial charge in [0.1, 0.15) is 12.4 Å². The maximum Gasteiger partial charge on any atom is 0.329 e. The monoisotopic (exact) mass is 559 g/mol. The quantitative estimate of drug-likeness (QED) is 0.336. The molecule has 0 saturated carbocycles. The van der Waals surface area contributed by atoms with Gasteiger partial charge in [-0.05, 0) is 23.8 Å². The first-order valence-electron chi connectivity index (χ1n) is 12.2. The Bertz CT molecular complexity index is 1630. The zero-order valence-electron chi connectivity index (χ0n) is 21.4. The molecule has 2 heterocycles. The van der Waals surface area contributed by atoms with Gasteiger partial charge in [0.2, 0.25) is 12.7 Å². The summed E-state index contributed by atoms with van der Waals surface area (Å²) in [5, 5.41) is 2.55. The Morgan fingerprint density at radius 1 is 0.950 bits per heavy atom. The molecule has 204 valence electrons. The van der Waals surface area contributed by atoms with Gasteiger partial charge in [0.05, 0.1) is 4.90 Å². The predicted molar refractivity (Wildman–Crippen MR) is 146 cm³/mol. The lowest BCUT2D eigenvalue weighted by Gasteiger charge is -2.25. The van der Waals surface area contributed by atoms with Crippen molar-refractivity contribution < 1.29 is 27.5 Å². The molecule has 0 spiro atoms. The van der Waals surface area contributed by atoms with E-state index in [1.165, 1.54) is 29.7 Å². The van der Waals surface area contributed by atoms with Gasteiger partial charge in [-0.25, -0.2) is 27.9 Å². The zero-order valence-corrected chi connectivity index (χ0v) is 22.2. The number of likely N-dealkylation sites (N-methyl/N-ethyl adjacent to an activating group) is 1. The van der Waals surface area contributed by atoms with Crippen molar-refractivity contribution in [2.75, 3.05) is 18.7 Å². The van der Waals surface area contributed by atoms with Crippen LogP contribution in [0.5, 0.6) is 11.5 Å². The highest BCUT2D eigenvalue weighted by atomic mass is 32.2. The van der Waals surface area contributed by atoms with Gasteiger partial charge in [-0.1, -0.05) is 48.5 Å². The van der Waals surface area contributed by atoms with Crippen LogP contribution in [-0.2, 0) is 21.2 Å². The van der Waals surface area contributed by atoms with Gasteiger partial charge in [-0.15, -0.1) is 0 Å². The molecule has 3 aromatic carbocycles. The molecular weight excluding hydrogens is 534 g/mol. The summed E-state index contributed by atoms with van der Waals surface area (Å²) in [7, 11) is -2.77. The van der Waals surface area contributed by atoms with Gasteiger partial charge in [0, 0.05) is 48.7 Å². The molecular formula is C28H25N5O6S. The molecule has 3 amide bonds. The highest BCUT2D eigenvalue weighted by Crippen LogP contribution is 2.35. The SMILES string of the molecule is CN(C(=O)C(Cc1ccccc1)NC(=O)NS(=O)(=O)c1ccccc1-c1cncnc1)c1ccc2c(c1)OCO2. The number of sulfonamides is 1. The topological polar surface area (TPSA) is 140 Å². The first-order valence-corrected chi connectivity index (χ1v) is 13.7. The van der Waals surface area contributed by atoms with Crippen LogP contribution in [0.1, 0.15) is 5.56 Å². The Morgan fingerprint density at radius 3 is 2.42 bits per heavy atom. The van der Waals surface area contributed by atoms with Crippen LogP contribution in [0.3, 0.4) is 0 Å². The van der Waals surface area contributed by atoms with Crippen LogP contribution in [0.4, 0.5) is 10.5 Å². The maximum absolute atomic E-state index is 13.6. The number of ether oxygens (including phenoxy) is 2. The molecule has 1 atom stereocenters. The van der Waals surface area contributed by atoms with E-state index in [2.05, 4.69) is 15.3 Å². The second-order valence-corrected chi connectivity index (χ2v) is 10.5. The number of hydrogen-bond acceptors (Lipinski definition) is 8. The van der Waals surface area contributed by atoms with Gasteiger partial charge in [-0.2, -0.15) is 0 Å². The highest BCUT2D eigenvalue weighted by Gasteiger charge is 2.29. The van der Waals surface area contributed by atoms with Gasteiger partial charge >= 0.3 is 6.03 Å². The number of carbonyl (C=O) groups excluding carboxylic acids is 2. The first kappa shape index (κ1) is 26.6. The van der Waals surface area contributed by atoms with Crippen LogP contribution in [0.25, 0.3) is 11.1 Å². The normalized spacial score (nSPS) is 12.8.